The molecule has 1 aromatic heterocycles. The number of hydrogen-bond acceptors (Lipinski definition) is 5. The zero-order chi connectivity index (χ0) is 18.5. The molecule has 0 atom stereocenters. The van der Waals surface area contributed by atoms with Crippen LogP contribution < -0.4 is 5.32 Å². The molecule has 0 aliphatic heterocycles. The fraction of sp³-hybridized carbons (Fsp3) is 0.0588. The number of aromatic nitrogens is 3. The number of halogens is 2. The molecule has 1 N–H and O–H groups in total. The predicted octanol–water partition coefficient (Wildman–Crippen LogP) is 3.37. The second-order valence-electron chi connectivity index (χ2n) is 5.17. The molecule has 2 aromatic carbocycles. The first-order valence-corrected chi connectivity index (χ1v) is 8.15. The number of ether oxygens (including phenoxy) is 1. The van der Waals surface area contributed by atoms with Gasteiger partial charge < -0.3 is 10.1 Å². The molecule has 0 spiro atoms. The first kappa shape index (κ1) is 17.9. The van der Waals surface area contributed by atoms with Crippen molar-refractivity contribution < 1.29 is 14.3 Å². The molecular weight excluding hydrogens is 379 g/mol. The Kier molecular flexibility index (Phi) is 5.50. The van der Waals surface area contributed by atoms with Crippen LogP contribution in [0.2, 0.25) is 10.0 Å². The van der Waals surface area contributed by atoms with Crippen LogP contribution in [0.3, 0.4) is 0 Å². The van der Waals surface area contributed by atoms with E-state index in [4.69, 9.17) is 27.9 Å². The predicted molar refractivity (Wildman–Crippen MR) is 96.7 cm³/mol. The summed E-state index contributed by atoms with van der Waals surface area (Å²) in [5.41, 5.74) is 1.47. The molecule has 3 aromatic rings. The summed E-state index contributed by atoms with van der Waals surface area (Å²) in [6, 6.07) is 11.2. The van der Waals surface area contributed by atoms with Crippen molar-refractivity contribution >= 4 is 40.8 Å². The molecule has 1 heterocycles. The third-order valence-electron chi connectivity index (χ3n) is 3.27. The minimum Gasteiger partial charge on any atom is -0.452 e. The molecule has 0 saturated carbocycles. The molecule has 0 aliphatic carbocycles. The molecule has 0 unspecified atom stereocenters. The number of amides is 1. The van der Waals surface area contributed by atoms with Crippen molar-refractivity contribution in [1.29, 1.82) is 0 Å². The van der Waals surface area contributed by atoms with Crippen molar-refractivity contribution in [3.8, 4) is 5.69 Å². The minimum absolute atomic E-state index is 0.312. The zero-order valence-electron chi connectivity index (χ0n) is 13.2. The maximum absolute atomic E-state index is 12.0. The average molecular weight is 391 g/mol. The van der Waals surface area contributed by atoms with Crippen molar-refractivity contribution in [2.45, 2.75) is 0 Å². The van der Waals surface area contributed by atoms with Gasteiger partial charge in [-0.25, -0.2) is 14.5 Å². The van der Waals surface area contributed by atoms with E-state index in [2.05, 4.69) is 15.4 Å². The Labute approximate surface area is 158 Å². The summed E-state index contributed by atoms with van der Waals surface area (Å²) in [7, 11) is 0. The number of carbonyl (C=O) groups excluding carboxylic acids is 2. The van der Waals surface area contributed by atoms with E-state index in [1.165, 1.54) is 18.5 Å². The van der Waals surface area contributed by atoms with Crippen LogP contribution in [0.15, 0.2) is 55.1 Å². The topological polar surface area (TPSA) is 86.1 Å². The molecular formula is C17H12Cl2N4O3. The van der Waals surface area contributed by atoms with Crippen molar-refractivity contribution in [3.05, 3.63) is 70.7 Å². The lowest BCUT2D eigenvalue weighted by Gasteiger charge is -2.08. The number of benzene rings is 2. The summed E-state index contributed by atoms with van der Waals surface area (Å²) in [6.07, 6.45) is 2.95. The third-order valence-corrected chi connectivity index (χ3v) is 3.70. The highest BCUT2D eigenvalue weighted by Crippen LogP contribution is 2.22. The van der Waals surface area contributed by atoms with Crippen LogP contribution in [0.4, 0.5) is 5.69 Å². The molecule has 132 valence electrons. The average Bonchev–Trinajstić information content (AvgIpc) is 3.13. The van der Waals surface area contributed by atoms with Crippen LogP contribution >= 0.6 is 23.2 Å². The monoisotopic (exact) mass is 390 g/mol. The first-order chi connectivity index (χ1) is 12.5. The maximum atomic E-state index is 12.0. The van der Waals surface area contributed by atoms with Crippen LogP contribution in [0.25, 0.3) is 5.69 Å². The second-order valence-corrected chi connectivity index (χ2v) is 6.04. The van der Waals surface area contributed by atoms with E-state index in [9.17, 15) is 9.59 Å². The van der Waals surface area contributed by atoms with E-state index < -0.39 is 18.5 Å². The normalized spacial score (nSPS) is 10.4. The Hall–Kier alpha value is -2.90. The summed E-state index contributed by atoms with van der Waals surface area (Å²) in [5, 5.41) is 7.32. The summed E-state index contributed by atoms with van der Waals surface area (Å²) < 4.78 is 6.56. The van der Waals surface area contributed by atoms with E-state index in [1.54, 1.807) is 41.3 Å². The smallest absolute Gasteiger partial charge is 0.338 e. The molecule has 0 fully saturated rings. The Morgan fingerprint density at radius 3 is 2.38 bits per heavy atom. The summed E-state index contributed by atoms with van der Waals surface area (Å²) in [5.74, 6) is -1.12. The summed E-state index contributed by atoms with van der Waals surface area (Å²) >= 11 is 11.7. The number of nitrogens with one attached hydrogen (secondary N) is 1. The van der Waals surface area contributed by atoms with Crippen LogP contribution in [0.5, 0.6) is 0 Å². The van der Waals surface area contributed by atoms with Gasteiger partial charge in [0, 0.05) is 15.7 Å². The molecule has 0 radical (unpaired) electrons. The van der Waals surface area contributed by atoms with Gasteiger partial charge >= 0.3 is 5.97 Å². The van der Waals surface area contributed by atoms with Crippen molar-refractivity contribution in [2.75, 3.05) is 11.9 Å². The van der Waals surface area contributed by atoms with Gasteiger partial charge in [0.15, 0.2) is 6.61 Å². The lowest BCUT2D eigenvalue weighted by atomic mass is 10.2. The zero-order valence-corrected chi connectivity index (χ0v) is 14.7. The lowest BCUT2D eigenvalue weighted by Crippen LogP contribution is -2.21. The van der Waals surface area contributed by atoms with E-state index in [0.717, 1.165) is 5.69 Å². The number of esters is 1. The molecule has 0 saturated heterocycles. The van der Waals surface area contributed by atoms with Crippen molar-refractivity contribution in [1.82, 2.24) is 14.8 Å². The van der Waals surface area contributed by atoms with Gasteiger partial charge in [-0.3, -0.25) is 4.79 Å². The molecule has 0 bridgehead atoms. The SMILES string of the molecule is O=C(COC(=O)c1ccc(-n2cncn2)cc1)Nc1cc(Cl)cc(Cl)c1. The Bertz CT molecular complexity index is 907. The Morgan fingerprint density at radius 2 is 1.77 bits per heavy atom. The van der Waals surface area contributed by atoms with Gasteiger partial charge in [-0.2, -0.15) is 5.10 Å². The van der Waals surface area contributed by atoms with Crippen LogP contribution in [-0.4, -0.2) is 33.2 Å². The van der Waals surface area contributed by atoms with Crippen LogP contribution in [0.1, 0.15) is 10.4 Å². The van der Waals surface area contributed by atoms with Crippen LogP contribution in [-0.2, 0) is 9.53 Å². The third kappa shape index (κ3) is 4.59. The summed E-state index contributed by atoms with van der Waals surface area (Å²) in [4.78, 5) is 27.8. The second kappa shape index (κ2) is 7.99. The van der Waals surface area contributed by atoms with Gasteiger partial charge in [-0.1, -0.05) is 23.2 Å². The maximum Gasteiger partial charge on any atom is 0.338 e. The van der Waals surface area contributed by atoms with E-state index in [-0.39, 0.29) is 0 Å². The Morgan fingerprint density at radius 1 is 1.08 bits per heavy atom. The molecule has 26 heavy (non-hydrogen) atoms. The molecule has 0 aliphatic rings. The van der Waals surface area contributed by atoms with Gasteiger partial charge in [0.25, 0.3) is 5.91 Å². The number of anilines is 1. The highest BCUT2D eigenvalue weighted by atomic mass is 35.5. The van der Waals surface area contributed by atoms with E-state index >= 15 is 0 Å². The van der Waals surface area contributed by atoms with Crippen molar-refractivity contribution in [2.24, 2.45) is 0 Å². The van der Waals surface area contributed by atoms with Gasteiger partial charge in [0.2, 0.25) is 0 Å². The standard InChI is InChI=1S/C17H12Cl2N4O3/c18-12-5-13(19)7-14(6-12)22-16(24)8-26-17(25)11-1-3-15(4-2-11)23-10-20-9-21-23/h1-7,9-10H,8H2,(H,22,24). The van der Waals surface area contributed by atoms with E-state index in [0.29, 0.717) is 21.3 Å². The van der Waals surface area contributed by atoms with Gasteiger partial charge in [0.1, 0.15) is 12.7 Å². The largest absolute Gasteiger partial charge is 0.452 e. The fourth-order valence-electron chi connectivity index (χ4n) is 2.13. The van der Waals surface area contributed by atoms with E-state index in [1.807, 2.05) is 0 Å². The Balaban J connectivity index is 1.55. The number of rotatable bonds is 5. The number of nitrogens with zero attached hydrogens (tertiary/aromatic N) is 3. The molecule has 3 rings (SSSR count). The summed E-state index contributed by atoms with van der Waals surface area (Å²) in [6.45, 7) is -0.437. The highest BCUT2D eigenvalue weighted by molar-refractivity contribution is 6.35. The number of carbonyl (C=O) groups is 2. The molecule has 1 amide bonds. The highest BCUT2D eigenvalue weighted by Gasteiger charge is 2.11. The number of hydrogen-bond donors (Lipinski definition) is 1. The first-order valence-electron chi connectivity index (χ1n) is 7.39. The van der Waals surface area contributed by atoms with Gasteiger partial charge in [-0.15, -0.1) is 0 Å². The van der Waals surface area contributed by atoms with Crippen LogP contribution in [0, 0.1) is 0 Å². The van der Waals surface area contributed by atoms with Gasteiger partial charge in [0.05, 0.1) is 11.3 Å². The lowest BCUT2D eigenvalue weighted by molar-refractivity contribution is -0.119. The van der Waals surface area contributed by atoms with Crippen molar-refractivity contribution in [3.63, 3.8) is 0 Å². The molecule has 9 heteroatoms. The van der Waals surface area contributed by atoms with Gasteiger partial charge in [-0.05, 0) is 42.5 Å². The molecule has 7 nitrogen and oxygen atoms in total. The fourth-order valence-corrected chi connectivity index (χ4v) is 2.66. The minimum atomic E-state index is -0.616. The quantitative estimate of drug-likeness (QED) is 0.674.